The third-order valence-corrected chi connectivity index (χ3v) is 6.66. The van der Waals surface area contributed by atoms with E-state index < -0.39 is 10.0 Å². The first-order valence-electron chi connectivity index (χ1n) is 7.96. The summed E-state index contributed by atoms with van der Waals surface area (Å²) in [6, 6.07) is 13.0. The lowest BCUT2D eigenvalue weighted by Crippen LogP contribution is -2.48. The monoisotopic (exact) mass is 364 g/mol. The SMILES string of the molecule is Cc1cc(C)cc(N2CCN(S(=O)(=O)c3ccccc3Cl)CC2)c1. The summed E-state index contributed by atoms with van der Waals surface area (Å²) in [5, 5.41) is 0.272. The fourth-order valence-corrected chi connectivity index (χ4v) is 5.03. The molecule has 2 aromatic rings. The predicted octanol–water partition coefficient (Wildman–Crippen LogP) is 3.47. The van der Waals surface area contributed by atoms with E-state index in [4.69, 9.17) is 11.6 Å². The van der Waals surface area contributed by atoms with Gasteiger partial charge in [0.1, 0.15) is 4.90 Å². The van der Waals surface area contributed by atoms with Crippen LogP contribution in [0.4, 0.5) is 5.69 Å². The van der Waals surface area contributed by atoms with Crippen LogP contribution in [-0.2, 0) is 10.0 Å². The molecule has 0 saturated carbocycles. The fourth-order valence-electron chi connectivity index (χ4n) is 3.11. The molecule has 3 rings (SSSR count). The zero-order valence-electron chi connectivity index (χ0n) is 13.9. The third kappa shape index (κ3) is 3.43. The van der Waals surface area contributed by atoms with E-state index in [0.717, 1.165) is 5.69 Å². The second kappa shape index (κ2) is 6.75. The average Bonchev–Trinajstić information content (AvgIpc) is 2.54. The molecule has 0 spiro atoms. The Morgan fingerprint density at radius 2 is 1.50 bits per heavy atom. The van der Waals surface area contributed by atoms with Crippen LogP contribution in [-0.4, -0.2) is 38.9 Å². The zero-order valence-corrected chi connectivity index (χ0v) is 15.4. The number of piperazine rings is 1. The van der Waals surface area contributed by atoms with Crippen LogP contribution in [0.1, 0.15) is 11.1 Å². The Kier molecular flexibility index (Phi) is 4.85. The van der Waals surface area contributed by atoms with E-state index in [2.05, 4.69) is 36.9 Å². The van der Waals surface area contributed by atoms with Crippen molar-refractivity contribution in [1.29, 1.82) is 0 Å². The fraction of sp³-hybridized carbons (Fsp3) is 0.333. The van der Waals surface area contributed by atoms with Crippen molar-refractivity contribution in [2.75, 3.05) is 31.1 Å². The molecule has 24 heavy (non-hydrogen) atoms. The average molecular weight is 365 g/mol. The van der Waals surface area contributed by atoms with Crippen LogP contribution in [0, 0.1) is 13.8 Å². The van der Waals surface area contributed by atoms with Crippen molar-refractivity contribution >= 4 is 27.3 Å². The standard InChI is InChI=1S/C18H21ClN2O2S/c1-14-11-15(2)13-16(12-14)20-7-9-21(10-8-20)24(22,23)18-6-4-3-5-17(18)19/h3-6,11-13H,7-10H2,1-2H3. The largest absolute Gasteiger partial charge is 0.369 e. The smallest absolute Gasteiger partial charge is 0.244 e. The van der Waals surface area contributed by atoms with Crippen molar-refractivity contribution in [3.63, 3.8) is 0 Å². The molecule has 1 saturated heterocycles. The second-order valence-corrected chi connectivity index (χ2v) is 8.48. The summed E-state index contributed by atoms with van der Waals surface area (Å²) < 4.78 is 27.1. The van der Waals surface area contributed by atoms with E-state index in [1.54, 1.807) is 24.3 Å². The van der Waals surface area contributed by atoms with Crippen LogP contribution in [0.25, 0.3) is 0 Å². The molecule has 6 heteroatoms. The number of nitrogens with zero attached hydrogens (tertiary/aromatic N) is 2. The van der Waals surface area contributed by atoms with Gasteiger partial charge in [-0.25, -0.2) is 8.42 Å². The maximum atomic E-state index is 12.8. The lowest BCUT2D eigenvalue weighted by Gasteiger charge is -2.35. The van der Waals surface area contributed by atoms with Crippen LogP contribution in [0.2, 0.25) is 5.02 Å². The van der Waals surface area contributed by atoms with E-state index in [1.165, 1.54) is 15.4 Å². The number of hydrogen-bond donors (Lipinski definition) is 0. The molecule has 4 nitrogen and oxygen atoms in total. The third-order valence-electron chi connectivity index (χ3n) is 4.26. The molecule has 0 atom stereocenters. The van der Waals surface area contributed by atoms with Crippen molar-refractivity contribution in [2.24, 2.45) is 0 Å². The molecule has 0 unspecified atom stereocenters. The summed E-state index contributed by atoms with van der Waals surface area (Å²) in [7, 11) is -3.54. The summed E-state index contributed by atoms with van der Waals surface area (Å²) in [5.74, 6) is 0. The molecule has 1 aliphatic heterocycles. The maximum Gasteiger partial charge on any atom is 0.244 e. The van der Waals surface area contributed by atoms with Gasteiger partial charge in [-0.3, -0.25) is 0 Å². The Labute approximate surface area is 148 Å². The summed E-state index contributed by atoms with van der Waals surface area (Å²) in [6.45, 7) is 6.42. The predicted molar refractivity (Wildman–Crippen MR) is 98.3 cm³/mol. The van der Waals surface area contributed by atoms with Crippen LogP contribution >= 0.6 is 11.6 Å². The number of benzene rings is 2. The van der Waals surface area contributed by atoms with E-state index in [-0.39, 0.29) is 9.92 Å². The lowest BCUT2D eigenvalue weighted by atomic mass is 10.1. The number of sulfonamides is 1. The van der Waals surface area contributed by atoms with Gasteiger partial charge < -0.3 is 4.90 Å². The van der Waals surface area contributed by atoms with Gasteiger partial charge in [0.25, 0.3) is 0 Å². The van der Waals surface area contributed by atoms with Crippen molar-refractivity contribution in [1.82, 2.24) is 4.31 Å². The maximum absolute atomic E-state index is 12.8. The molecule has 0 amide bonds. The number of anilines is 1. The molecule has 0 radical (unpaired) electrons. The van der Waals surface area contributed by atoms with Gasteiger partial charge in [0.15, 0.2) is 0 Å². The van der Waals surface area contributed by atoms with E-state index in [0.29, 0.717) is 26.2 Å². The minimum atomic E-state index is -3.54. The van der Waals surface area contributed by atoms with E-state index in [1.807, 2.05) is 0 Å². The quantitative estimate of drug-likeness (QED) is 0.837. The molecule has 0 bridgehead atoms. The summed E-state index contributed by atoms with van der Waals surface area (Å²) in [5.41, 5.74) is 3.59. The molecule has 1 fully saturated rings. The summed E-state index contributed by atoms with van der Waals surface area (Å²) in [6.07, 6.45) is 0. The van der Waals surface area contributed by atoms with Gasteiger partial charge >= 0.3 is 0 Å². The minimum absolute atomic E-state index is 0.187. The molecule has 0 aromatic heterocycles. The first-order chi connectivity index (χ1) is 11.4. The minimum Gasteiger partial charge on any atom is -0.369 e. The topological polar surface area (TPSA) is 40.6 Å². The molecule has 0 N–H and O–H groups in total. The normalized spacial score (nSPS) is 16.4. The van der Waals surface area contributed by atoms with Gasteiger partial charge in [0.2, 0.25) is 10.0 Å². The van der Waals surface area contributed by atoms with Gasteiger partial charge in [-0.2, -0.15) is 4.31 Å². The van der Waals surface area contributed by atoms with Crippen LogP contribution < -0.4 is 4.90 Å². The molecule has 0 aliphatic carbocycles. The Bertz CT molecular complexity index is 824. The Morgan fingerprint density at radius 1 is 0.917 bits per heavy atom. The van der Waals surface area contributed by atoms with Gasteiger partial charge in [-0.15, -0.1) is 0 Å². The molecule has 128 valence electrons. The van der Waals surface area contributed by atoms with Crippen LogP contribution in [0.5, 0.6) is 0 Å². The lowest BCUT2D eigenvalue weighted by molar-refractivity contribution is 0.385. The Morgan fingerprint density at radius 3 is 2.08 bits per heavy atom. The van der Waals surface area contributed by atoms with Gasteiger partial charge in [0.05, 0.1) is 5.02 Å². The molecular weight excluding hydrogens is 344 g/mol. The highest BCUT2D eigenvalue weighted by Gasteiger charge is 2.30. The number of aryl methyl sites for hydroxylation is 2. The van der Waals surface area contributed by atoms with Crippen molar-refractivity contribution in [3.8, 4) is 0 Å². The van der Waals surface area contributed by atoms with Crippen LogP contribution in [0.3, 0.4) is 0 Å². The number of hydrogen-bond acceptors (Lipinski definition) is 3. The molecule has 2 aromatic carbocycles. The summed E-state index contributed by atoms with van der Waals surface area (Å²) in [4.78, 5) is 2.42. The highest BCUT2D eigenvalue weighted by Crippen LogP contribution is 2.26. The number of rotatable bonds is 3. The van der Waals surface area contributed by atoms with Gasteiger partial charge in [0, 0.05) is 31.9 Å². The Balaban J connectivity index is 1.76. The van der Waals surface area contributed by atoms with Gasteiger partial charge in [-0.1, -0.05) is 29.8 Å². The zero-order chi connectivity index (χ0) is 17.3. The van der Waals surface area contributed by atoms with Crippen molar-refractivity contribution in [3.05, 3.63) is 58.6 Å². The van der Waals surface area contributed by atoms with Crippen LogP contribution in [0.15, 0.2) is 47.4 Å². The van der Waals surface area contributed by atoms with Crippen molar-refractivity contribution < 1.29 is 8.42 Å². The summed E-state index contributed by atoms with van der Waals surface area (Å²) >= 11 is 6.07. The molecule has 1 heterocycles. The highest BCUT2D eigenvalue weighted by atomic mass is 35.5. The van der Waals surface area contributed by atoms with Crippen molar-refractivity contribution in [2.45, 2.75) is 18.7 Å². The first kappa shape index (κ1) is 17.3. The first-order valence-corrected chi connectivity index (χ1v) is 9.77. The number of halogens is 1. The Hall–Kier alpha value is -1.56. The van der Waals surface area contributed by atoms with Gasteiger partial charge in [-0.05, 0) is 49.2 Å². The molecule has 1 aliphatic rings. The highest BCUT2D eigenvalue weighted by molar-refractivity contribution is 7.89. The van der Waals surface area contributed by atoms with E-state index in [9.17, 15) is 8.42 Å². The van der Waals surface area contributed by atoms with E-state index >= 15 is 0 Å². The second-order valence-electron chi connectivity index (χ2n) is 6.17. The molecular formula is C18H21ClN2O2S.